The summed E-state index contributed by atoms with van der Waals surface area (Å²) in [5.41, 5.74) is 2.83. The zero-order chi connectivity index (χ0) is 12.3. The van der Waals surface area contributed by atoms with Crippen LogP contribution in [0, 0.1) is 17.6 Å². The predicted octanol–water partition coefficient (Wildman–Crippen LogP) is 1.90. The molecule has 1 aromatic carbocycles. The Balaban J connectivity index is 2.13. The maximum atomic E-state index is 13.6. The molecule has 1 heterocycles. The van der Waals surface area contributed by atoms with E-state index >= 15 is 0 Å². The van der Waals surface area contributed by atoms with Gasteiger partial charge in [0, 0.05) is 24.8 Å². The van der Waals surface area contributed by atoms with Gasteiger partial charge >= 0.3 is 0 Å². The van der Waals surface area contributed by atoms with Crippen LogP contribution < -0.4 is 11.3 Å². The van der Waals surface area contributed by atoms with Crippen LogP contribution >= 0.6 is 0 Å². The first kappa shape index (κ1) is 12.4. The number of halogens is 2. The second kappa shape index (κ2) is 5.53. The fourth-order valence-corrected chi connectivity index (χ4v) is 2.17. The van der Waals surface area contributed by atoms with Crippen LogP contribution in [0.4, 0.5) is 8.78 Å². The van der Waals surface area contributed by atoms with Gasteiger partial charge in [0.25, 0.3) is 0 Å². The summed E-state index contributed by atoms with van der Waals surface area (Å²) in [5, 5.41) is 0. The van der Waals surface area contributed by atoms with Crippen LogP contribution in [0.2, 0.25) is 0 Å². The van der Waals surface area contributed by atoms with E-state index in [1.54, 1.807) is 0 Å². The summed E-state index contributed by atoms with van der Waals surface area (Å²) in [7, 11) is 0. The third-order valence-corrected chi connectivity index (χ3v) is 3.13. The van der Waals surface area contributed by atoms with Crippen LogP contribution in [0.5, 0.6) is 0 Å². The highest BCUT2D eigenvalue weighted by Crippen LogP contribution is 2.27. The molecule has 0 aliphatic carbocycles. The molecule has 2 unspecified atom stereocenters. The number of hydrogen-bond acceptors (Lipinski definition) is 3. The number of hydrazine groups is 1. The van der Waals surface area contributed by atoms with Gasteiger partial charge in [0.1, 0.15) is 11.6 Å². The maximum absolute atomic E-state index is 13.6. The van der Waals surface area contributed by atoms with E-state index in [0.29, 0.717) is 18.9 Å². The molecule has 1 aromatic rings. The molecule has 0 bridgehead atoms. The second-order valence-corrected chi connectivity index (χ2v) is 4.35. The molecule has 0 spiro atoms. The number of nitrogens with one attached hydrogen (secondary N) is 1. The number of nitrogens with two attached hydrogens (primary N) is 1. The zero-order valence-electron chi connectivity index (χ0n) is 9.46. The van der Waals surface area contributed by atoms with E-state index in [9.17, 15) is 8.78 Å². The van der Waals surface area contributed by atoms with Crippen LogP contribution in [0.3, 0.4) is 0 Å². The summed E-state index contributed by atoms with van der Waals surface area (Å²) in [4.78, 5) is 0. The molecule has 3 N–H and O–H groups in total. The van der Waals surface area contributed by atoms with E-state index in [-0.39, 0.29) is 11.6 Å². The minimum Gasteiger partial charge on any atom is -0.381 e. The molecule has 2 atom stereocenters. The first-order valence-corrected chi connectivity index (χ1v) is 5.69. The molecule has 0 radical (unpaired) electrons. The molecule has 17 heavy (non-hydrogen) atoms. The normalized spacial score (nSPS) is 21.7. The maximum Gasteiger partial charge on any atom is 0.128 e. The zero-order valence-corrected chi connectivity index (χ0v) is 9.46. The summed E-state index contributed by atoms with van der Waals surface area (Å²) in [6.07, 6.45) is 1.59. The minimum absolute atomic E-state index is 0.277. The molecule has 2 rings (SSSR count). The lowest BCUT2D eigenvalue weighted by Gasteiger charge is -2.20. The smallest absolute Gasteiger partial charge is 0.128 e. The molecule has 1 saturated heterocycles. The van der Waals surface area contributed by atoms with E-state index in [1.807, 2.05) is 0 Å². The third-order valence-electron chi connectivity index (χ3n) is 3.13. The average Bonchev–Trinajstić information content (AvgIpc) is 2.82. The van der Waals surface area contributed by atoms with Crippen LogP contribution in [-0.4, -0.2) is 13.2 Å². The van der Waals surface area contributed by atoms with Gasteiger partial charge in [-0.05, 0) is 37.0 Å². The Morgan fingerprint density at radius 3 is 2.94 bits per heavy atom. The Hall–Kier alpha value is -1.04. The average molecular weight is 242 g/mol. The van der Waals surface area contributed by atoms with Crippen molar-refractivity contribution in [2.24, 2.45) is 11.8 Å². The highest BCUT2D eigenvalue weighted by atomic mass is 19.1. The van der Waals surface area contributed by atoms with Gasteiger partial charge < -0.3 is 4.74 Å². The van der Waals surface area contributed by atoms with Gasteiger partial charge in [0.15, 0.2) is 0 Å². The lowest BCUT2D eigenvalue weighted by Crippen LogP contribution is -2.30. The molecule has 0 amide bonds. The van der Waals surface area contributed by atoms with Crippen molar-refractivity contribution in [3.63, 3.8) is 0 Å². The summed E-state index contributed by atoms with van der Waals surface area (Å²) >= 11 is 0. The number of ether oxygens (including phenoxy) is 1. The van der Waals surface area contributed by atoms with E-state index in [0.717, 1.165) is 25.2 Å². The predicted molar refractivity (Wildman–Crippen MR) is 60.0 cm³/mol. The van der Waals surface area contributed by atoms with Crippen molar-refractivity contribution in [2.75, 3.05) is 13.2 Å². The molecule has 1 aliphatic rings. The highest BCUT2D eigenvalue weighted by Gasteiger charge is 2.23. The van der Waals surface area contributed by atoms with E-state index in [4.69, 9.17) is 10.6 Å². The Morgan fingerprint density at radius 1 is 1.47 bits per heavy atom. The van der Waals surface area contributed by atoms with Crippen molar-refractivity contribution in [2.45, 2.75) is 18.9 Å². The minimum atomic E-state index is -0.454. The lowest BCUT2D eigenvalue weighted by atomic mass is 9.94. The Morgan fingerprint density at radius 2 is 2.29 bits per heavy atom. The van der Waals surface area contributed by atoms with Crippen molar-refractivity contribution < 1.29 is 13.5 Å². The summed E-state index contributed by atoms with van der Waals surface area (Å²) < 4.78 is 31.9. The van der Waals surface area contributed by atoms with E-state index in [2.05, 4.69) is 5.43 Å². The third kappa shape index (κ3) is 3.00. The van der Waals surface area contributed by atoms with Gasteiger partial charge in [0.2, 0.25) is 0 Å². The van der Waals surface area contributed by atoms with Crippen molar-refractivity contribution in [1.29, 1.82) is 0 Å². The van der Waals surface area contributed by atoms with Crippen molar-refractivity contribution in [3.8, 4) is 0 Å². The summed E-state index contributed by atoms with van der Waals surface area (Å²) in [5.74, 6) is 4.88. The fourth-order valence-electron chi connectivity index (χ4n) is 2.17. The number of rotatable bonds is 4. The van der Waals surface area contributed by atoms with Crippen molar-refractivity contribution in [1.82, 2.24) is 5.43 Å². The SMILES string of the molecule is NNC(CC1CCOC1)c1cc(F)ccc1F. The molecule has 3 nitrogen and oxygen atoms in total. The second-order valence-electron chi connectivity index (χ2n) is 4.35. The van der Waals surface area contributed by atoms with Crippen molar-refractivity contribution in [3.05, 3.63) is 35.4 Å². The first-order valence-electron chi connectivity index (χ1n) is 5.69. The molecule has 1 aliphatic heterocycles. The highest BCUT2D eigenvalue weighted by molar-refractivity contribution is 5.22. The molecular weight excluding hydrogens is 226 g/mol. The van der Waals surface area contributed by atoms with Crippen LogP contribution in [0.15, 0.2) is 18.2 Å². The summed E-state index contributed by atoms with van der Waals surface area (Å²) in [6.45, 7) is 1.39. The van der Waals surface area contributed by atoms with Crippen molar-refractivity contribution >= 4 is 0 Å². The van der Waals surface area contributed by atoms with Crippen LogP contribution in [-0.2, 0) is 4.74 Å². The Labute approximate surface area is 98.9 Å². The monoisotopic (exact) mass is 242 g/mol. The van der Waals surface area contributed by atoms with E-state index < -0.39 is 11.6 Å². The quantitative estimate of drug-likeness (QED) is 0.626. The van der Waals surface area contributed by atoms with Gasteiger partial charge in [-0.25, -0.2) is 8.78 Å². The van der Waals surface area contributed by atoms with E-state index in [1.165, 1.54) is 6.07 Å². The van der Waals surface area contributed by atoms with Gasteiger partial charge in [-0.3, -0.25) is 11.3 Å². The van der Waals surface area contributed by atoms with Gasteiger partial charge in [-0.2, -0.15) is 0 Å². The fraction of sp³-hybridized carbons (Fsp3) is 0.500. The van der Waals surface area contributed by atoms with Gasteiger partial charge in [-0.15, -0.1) is 0 Å². The topological polar surface area (TPSA) is 47.3 Å². The number of benzene rings is 1. The van der Waals surface area contributed by atoms with Gasteiger partial charge in [-0.1, -0.05) is 0 Å². The lowest BCUT2D eigenvalue weighted by molar-refractivity contribution is 0.181. The largest absolute Gasteiger partial charge is 0.381 e. The standard InChI is InChI=1S/C12H16F2N2O/c13-9-1-2-11(14)10(6-9)12(16-15)5-8-3-4-17-7-8/h1-2,6,8,12,16H,3-5,7,15H2. The molecule has 94 valence electrons. The molecule has 0 saturated carbocycles. The Bertz CT molecular complexity index is 381. The van der Waals surface area contributed by atoms with Crippen LogP contribution in [0.1, 0.15) is 24.4 Å². The first-order chi connectivity index (χ1) is 8.20. The Kier molecular flexibility index (Phi) is 4.04. The molecule has 1 fully saturated rings. The molecule has 0 aromatic heterocycles. The molecular formula is C12H16F2N2O. The van der Waals surface area contributed by atoms with Gasteiger partial charge in [0.05, 0.1) is 0 Å². The number of hydrogen-bond donors (Lipinski definition) is 2. The summed E-state index contributed by atoms with van der Waals surface area (Å²) in [6, 6.07) is 3.04. The molecule has 5 heteroatoms. The van der Waals surface area contributed by atoms with Crippen LogP contribution in [0.25, 0.3) is 0 Å².